The number of nitrogens with zero attached hydrogens (tertiary/aromatic N) is 3. The van der Waals surface area contributed by atoms with E-state index in [0.717, 1.165) is 29.7 Å². The van der Waals surface area contributed by atoms with Crippen LogP contribution in [0.2, 0.25) is 5.02 Å². The summed E-state index contributed by atoms with van der Waals surface area (Å²) in [5, 5.41) is 9.74. The first-order valence-electron chi connectivity index (χ1n) is 9.36. The Balaban J connectivity index is 1.64. The second-order valence-corrected chi connectivity index (χ2v) is 8.35. The number of rotatable bonds is 2. The van der Waals surface area contributed by atoms with Crippen LogP contribution >= 0.6 is 11.6 Å². The number of carbonyl (C=O) groups excluding carboxylic acids is 1. The summed E-state index contributed by atoms with van der Waals surface area (Å²) in [5.41, 5.74) is 2.82. The number of piperidine rings is 1. The SMILES string of the molecule is CC1(C)c2cc(Cl)ccc2C(=O)N1c1cncc(C2CCN(C(=O)O)CC2)c1. The summed E-state index contributed by atoms with van der Waals surface area (Å²) in [4.78, 5) is 31.8. The molecule has 0 radical (unpaired) electrons. The Labute approximate surface area is 168 Å². The van der Waals surface area contributed by atoms with Gasteiger partial charge in [0.15, 0.2) is 0 Å². The number of likely N-dealkylation sites (tertiary alicyclic amines) is 1. The molecule has 28 heavy (non-hydrogen) atoms. The van der Waals surface area contributed by atoms with Crippen molar-refractivity contribution in [3.8, 4) is 0 Å². The van der Waals surface area contributed by atoms with Gasteiger partial charge in [-0.25, -0.2) is 4.79 Å². The van der Waals surface area contributed by atoms with Crippen LogP contribution in [-0.4, -0.2) is 40.1 Å². The molecule has 0 spiro atoms. The van der Waals surface area contributed by atoms with E-state index in [0.29, 0.717) is 23.7 Å². The molecule has 1 fully saturated rings. The van der Waals surface area contributed by atoms with Crippen molar-refractivity contribution < 1.29 is 14.7 Å². The Morgan fingerprint density at radius 1 is 1.21 bits per heavy atom. The number of anilines is 1. The molecule has 6 nitrogen and oxygen atoms in total. The maximum Gasteiger partial charge on any atom is 0.407 e. The highest BCUT2D eigenvalue weighted by atomic mass is 35.5. The van der Waals surface area contributed by atoms with E-state index < -0.39 is 11.6 Å². The Bertz CT molecular complexity index is 952. The summed E-state index contributed by atoms with van der Waals surface area (Å²) < 4.78 is 0. The number of hydrogen-bond acceptors (Lipinski definition) is 3. The first-order chi connectivity index (χ1) is 13.3. The Morgan fingerprint density at radius 2 is 1.93 bits per heavy atom. The quantitative estimate of drug-likeness (QED) is 0.807. The molecule has 1 aromatic carbocycles. The van der Waals surface area contributed by atoms with Crippen molar-refractivity contribution >= 4 is 29.3 Å². The smallest absolute Gasteiger partial charge is 0.407 e. The number of carbonyl (C=O) groups is 2. The Morgan fingerprint density at radius 3 is 2.61 bits per heavy atom. The number of halogens is 1. The molecule has 1 saturated heterocycles. The fraction of sp³-hybridized carbons (Fsp3) is 0.381. The molecule has 0 unspecified atom stereocenters. The molecule has 3 heterocycles. The number of pyridine rings is 1. The van der Waals surface area contributed by atoms with Gasteiger partial charge in [-0.3, -0.25) is 14.7 Å². The van der Waals surface area contributed by atoms with Gasteiger partial charge in [-0.1, -0.05) is 11.6 Å². The molecule has 2 aliphatic heterocycles. The molecule has 2 aliphatic rings. The topological polar surface area (TPSA) is 73.7 Å². The molecule has 2 amide bonds. The van der Waals surface area contributed by atoms with Crippen molar-refractivity contribution in [1.82, 2.24) is 9.88 Å². The zero-order chi connectivity index (χ0) is 20.1. The zero-order valence-electron chi connectivity index (χ0n) is 15.9. The fourth-order valence-corrected chi connectivity index (χ4v) is 4.51. The van der Waals surface area contributed by atoms with Crippen LogP contribution in [0, 0.1) is 0 Å². The number of benzene rings is 1. The second-order valence-electron chi connectivity index (χ2n) is 7.91. The number of aromatic nitrogens is 1. The van der Waals surface area contributed by atoms with Crippen LogP contribution in [0.5, 0.6) is 0 Å². The van der Waals surface area contributed by atoms with Gasteiger partial charge in [0.1, 0.15) is 0 Å². The lowest BCUT2D eigenvalue weighted by Gasteiger charge is -2.34. The first-order valence-corrected chi connectivity index (χ1v) is 9.74. The van der Waals surface area contributed by atoms with E-state index in [1.807, 2.05) is 32.2 Å². The van der Waals surface area contributed by atoms with Gasteiger partial charge in [-0.05, 0) is 68.0 Å². The standard InChI is InChI=1S/C21H22ClN3O3/c1-21(2)18-10-15(22)3-4-17(18)19(26)25(21)16-9-14(11-23-12-16)13-5-7-24(8-6-13)20(27)28/h3-4,9-13H,5-8H2,1-2H3,(H,27,28). The third-order valence-corrected chi connectivity index (χ3v) is 6.11. The lowest BCUT2D eigenvalue weighted by Crippen LogP contribution is -2.39. The van der Waals surface area contributed by atoms with Gasteiger partial charge in [0.25, 0.3) is 5.91 Å². The zero-order valence-corrected chi connectivity index (χ0v) is 16.6. The van der Waals surface area contributed by atoms with Crippen LogP contribution < -0.4 is 4.90 Å². The molecule has 1 aromatic heterocycles. The predicted molar refractivity (Wildman–Crippen MR) is 107 cm³/mol. The van der Waals surface area contributed by atoms with Crippen LogP contribution in [-0.2, 0) is 5.54 Å². The highest BCUT2D eigenvalue weighted by molar-refractivity contribution is 6.31. The maximum atomic E-state index is 13.1. The molecular formula is C21H22ClN3O3. The van der Waals surface area contributed by atoms with Crippen molar-refractivity contribution in [2.75, 3.05) is 18.0 Å². The van der Waals surface area contributed by atoms with Crippen molar-refractivity contribution in [1.29, 1.82) is 0 Å². The van der Waals surface area contributed by atoms with Gasteiger partial charge in [-0.2, -0.15) is 0 Å². The molecule has 2 aromatic rings. The van der Waals surface area contributed by atoms with Gasteiger partial charge >= 0.3 is 6.09 Å². The lowest BCUT2D eigenvalue weighted by molar-refractivity contribution is 0.0981. The fourth-order valence-electron chi connectivity index (χ4n) is 4.34. The molecular weight excluding hydrogens is 378 g/mol. The number of hydrogen-bond donors (Lipinski definition) is 1. The summed E-state index contributed by atoms with van der Waals surface area (Å²) in [6.45, 7) is 5.04. The molecule has 0 bridgehead atoms. The normalized spacial score (nSPS) is 19.0. The largest absolute Gasteiger partial charge is 0.465 e. The van der Waals surface area contributed by atoms with Gasteiger partial charge < -0.3 is 10.0 Å². The van der Waals surface area contributed by atoms with E-state index in [9.17, 15) is 9.59 Å². The monoisotopic (exact) mass is 399 g/mol. The summed E-state index contributed by atoms with van der Waals surface area (Å²) in [5.74, 6) is 0.178. The summed E-state index contributed by atoms with van der Waals surface area (Å²) in [6.07, 6.45) is 4.17. The van der Waals surface area contributed by atoms with Crippen LogP contribution in [0.3, 0.4) is 0 Å². The summed E-state index contributed by atoms with van der Waals surface area (Å²) in [6, 6.07) is 7.39. The van der Waals surface area contributed by atoms with Crippen LogP contribution in [0.4, 0.5) is 10.5 Å². The average molecular weight is 400 g/mol. The first kappa shape index (κ1) is 18.7. The van der Waals surface area contributed by atoms with Gasteiger partial charge in [0.2, 0.25) is 0 Å². The van der Waals surface area contributed by atoms with Crippen LogP contribution in [0.25, 0.3) is 0 Å². The van der Waals surface area contributed by atoms with Gasteiger partial charge in [0.05, 0.1) is 17.4 Å². The van der Waals surface area contributed by atoms with Crippen molar-refractivity contribution in [2.24, 2.45) is 0 Å². The van der Waals surface area contributed by atoms with Crippen molar-refractivity contribution in [3.05, 3.63) is 58.4 Å². The Kier molecular flexibility index (Phi) is 4.54. The maximum absolute atomic E-state index is 13.1. The van der Waals surface area contributed by atoms with E-state index in [1.54, 1.807) is 23.2 Å². The number of carboxylic acid groups (broad SMARTS) is 1. The highest BCUT2D eigenvalue weighted by Crippen LogP contribution is 2.43. The summed E-state index contributed by atoms with van der Waals surface area (Å²) >= 11 is 6.16. The minimum absolute atomic E-state index is 0.0590. The highest BCUT2D eigenvalue weighted by Gasteiger charge is 2.44. The summed E-state index contributed by atoms with van der Waals surface area (Å²) in [7, 11) is 0. The minimum Gasteiger partial charge on any atom is -0.465 e. The molecule has 4 rings (SSSR count). The molecule has 0 saturated carbocycles. The lowest BCUT2D eigenvalue weighted by atomic mass is 9.90. The van der Waals surface area contributed by atoms with Crippen LogP contribution in [0.1, 0.15) is 54.1 Å². The molecule has 7 heteroatoms. The van der Waals surface area contributed by atoms with Crippen molar-refractivity contribution in [2.45, 2.75) is 38.1 Å². The van der Waals surface area contributed by atoms with E-state index >= 15 is 0 Å². The van der Waals surface area contributed by atoms with Crippen molar-refractivity contribution in [3.63, 3.8) is 0 Å². The van der Waals surface area contributed by atoms with Gasteiger partial charge in [0, 0.05) is 29.9 Å². The molecule has 0 atom stereocenters. The average Bonchev–Trinajstić information content (AvgIpc) is 2.87. The number of fused-ring (bicyclic) bond motifs is 1. The van der Waals surface area contributed by atoms with E-state index in [2.05, 4.69) is 4.98 Å². The third kappa shape index (κ3) is 3.02. The molecule has 1 N–H and O–H groups in total. The van der Waals surface area contributed by atoms with Crippen LogP contribution in [0.15, 0.2) is 36.7 Å². The van der Waals surface area contributed by atoms with E-state index in [1.165, 1.54) is 4.90 Å². The molecule has 0 aliphatic carbocycles. The third-order valence-electron chi connectivity index (χ3n) is 5.87. The second kappa shape index (κ2) is 6.78. The number of amides is 2. The predicted octanol–water partition coefficient (Wildman–Crippen LogP) is 4.49. The minimum atomic E-state index is -0.869. The molecule has 146 valence electrons. The van der Waals surface area contributed by atoms with E-state index in [4.69, 9.17) is 16.7 Å². The van der Waals surface area contributed by atoms with E-state index in [-0.39, 0.29) is 11.8 Å². The Hall–Kier alpha value is -2.60. The van der Waals surface area contributed by atoms with Gasteiger partial charge in [-0.15, -0.1) is 0 Å².